The van der Waals surface area contributed by atoms with Gasteiger partial charge >= 0.3 is 0 Å². The molecule has 1 aromatic rings. The van der Waals surface area contributed by atoms with E-state index in [1.165, 1.54) is 18.9 Å². The molecule has 1 aliphatic carbocycles. The lowest BCUT2D eigenvalue weighted by Gasteiger charge is -2.36. The van der Waals surface area contributed by atoms with Gasteiger partial charge in [-0.1, -0.05) is 18.9 Å². The molecule has 0 heterocycles. The summed E-state index contributed by atoms with van der Waals surface area (Å²) in [5, 5.41) is 12.4. The molecule has 4 heteroatoms. The Morgan fingerprint density at radius 3 is 2.63 bits per heavy atom. The van der Waals surface area contributed by atoms with Crippen LogP contribution in [0.2, 0.25) is 0 Å². The topological polar surface area (TPSA) is 52.6 Å². The van der Waals surface area contributed by atoms with Gasteiger partial charge in [0, 0.05) is 17.6 Å². The van der Waals surface area contributed by atoms with Crippen LogP contribution in [0.5, 0.6) is 5.75 Å². The molecule has 19 heavy (non-hydrogen) atoms. The van der Waals surface area contributed by atoms with Crippen molar-refractivity contribution in [3.8, 4) is 5.75 Å². The molecule has 1 aliphatic rings. The third-order valence-electron chi connectivity index (χ3n) is 4.17. The van der Waals surface area contributed by atoms with Crippen LogP contribution in [0.25, 0.3) is 0 Å². The molecule has 2 rings (SSSR count). The zero-order valence-corrected chi connectivity index (χ0v) is 11.6. The normalized spacial score (nSPS) is 17.6. The number of hydrogen-bond acceptors (Lipinski definition) is 3. The molecule has 0 bridgehead atoms. The van der Waals surface area contributed by atoms with Crippen molar-refractivity contribution >= 4 is 5.91 Å². The van der Waals surface area contributed by atoms with E-state index in [1.807, 2.05) is 0 Å². The van der Waals surface area contributed by atoms with Crippen molar-refractivity contribution in [1.82, 2.24) is 10.2 Å². The van der Waals surface area contributed by atoms with Gasteiger partial charge in [0.25, 0.3) is 5.91 Å². The van der Waals surface area contributed by atoms with Gasteiger partial charge in [0.15, 0.2) is 0 Å². The first-order valence-electron chi connectivity index (χ1n) is 6.78. The number of rotatable bonds is 4. The molecular weight excluding hydrogens is 240 g/mol. The van der Waals surface area contributed by atoms with Crippen molar-refractivity contribution < 1.29 is 9.90 Å². The molecule has 0 unspecified atom stereocenters. The maximum absolute atomic E-state index is 12.1. The number of phenolic OH excluding ortho intramolecular Hbond substituents is 1. The summed E-state index contributed by atoms with van der Waals surface area (Å²) in [6.07, 6.45) is 4.70. The van der Waals surface area contributed by atoms with Gasteiger partial charge in [-0.15, -0.1) is 0 Å². The number of phenols is 1. The van der Waals surface area contributed by atoms with Crippen molar-refractivity contribution in [3.05, 3.63) is 29.8 Å². The number of amides is 1. The SMILES string of the molecule is CN(C)C1(CNC(=O)c2cccc(O)c2)CCCC1. The summed E-state index contributed by atoms with van der Waals surface area (Å²) in [7, 11) is 4.15. The quantitative estimate of drug-likeness (QED) is 0.872. The summed E-state index contributed by atoms with van der Waals surface area (Å²) < 4.78 is 0. The van der Waals surface area contributed by atoms with E-state index in [0.29, 0.717) is 12.1 Å². The summed E-state index contributed by atoms with van der Waals surface area (Å²) in [6, 6.07) is 6.45. The van der Waals surface area contributed by atoms with Crippen LogP contribution >= 0.6 is 0 Å². The predicted molar refractivity (Wildman–Crippen MR) is 75.3 cm³/mol. The second-order valence-corrected chi connectivity index (χ2v) is 5.56. The van der Waals surface area contributed by atoms with E-state index in [4.69, 9.17) is 0 Å². The van der Waals surface area contributed by atoms with Gasteiger partial charge in [-0.3, -0.25) is 4.79 Å². The maximum Gasteiger partial charge on any atom is 0.251 e. The highest BCUT2D eigenvalue weighted by Gasteiger charge is 2.36. The average Bonchev–Trinajstić information content (AvgIpc) is 2.86. The monoisotopic (exact) mass is 262 g/mol. The highest BCUT2D eigenvalue weighted by atomic mass is 16.3. The molecule has 0 atom stereocenters. The molecule has 1 amide bonds. The molecule has 1 aromatic carbocycles. The Hall–Kier alpha value is -1.55. The highest BCUT2D eigenvalue weighted by Crippen LogP contribution is 2.33. The molecule has 1 saturated carbocycles. The number of benzene rings is 1. The van der Waals surface area contributed by atoms with Crippen LogP contribution in [0.1, 0.15) is 36.0 Å². The zero-order valence-electron chi connectivity index (χ0n) is 11.6. The van der Waals surface area contributed by atoms with Crippen molar-refractivity contribution in [1.29, 1.82) is 0 Å². The Morgan fingerprint density at radius 1 is 1.37 bits per heavy atom. The van der Waals surface area contributed by atoms with Crippen LogP contribution in [0.3, 0.4) is 0 Å². The fraction of sp³-hybridized carbons (Fsp3) is 0.533. The van der Waals surface area contributed by atoms with Crippen LogP contribution < -0.4 is 5.32 Å². The van der Waals surface area contributed by atoms with Crippen molar-refractivity contribution in [2.45, 2.75) is 31.2 Å². The van der Waals surface area contributed by atoms with Crippen LogP contribution in [0.15, 0.2) is 24.3 Å². The van der Waals surface area contributed by atoms with Gasteiger partial charge in [-0.2, -0.15) is 0 Å². The molecule has 0 spiro atoms. The molecule has 0 radical (unpaired) electrons. The molecule has 4 nitrogen and oxygen atoms in total. The number of nitrogens with zero attached hydrogens (tertiary/aromatic N) is 1. The van der Waals surface area contributed by atoms with Gasteiger partial charge in [0.1, 0.15) is 5.75 Å². The highest BCUT2D eigenvalue weighted by molar-refractivity contribution is 5.94. The lowest BCUT2D eigenvalue weighted by atomic mass is 9.96. The predicted octanol–water partition coefficient (Wildman–Crippen LogP) is 2.00. The van der Waals surface area contributed by atoms with E-state index in [0.717, 1.165) is 12.8 Å². The maximum atomic E-state index is 12.1. The van der Waals surface area contributed by atoms with Gasteiger partial charge in [-0.05, 0) is 45.1 Å². The fourth-order valence-electron chi connectivity index (χ4n) is 2.81. The first-order chi connectivity index (χ1) is 9.03. The van der Waals surface area contributed by atoms with E-state index in [-0.39, 0.29) is 17.2 Å². The largest absolute Gasteiger partial charge is 0.508 e. The van der Waals surface area contributed by atoms with Gasteiger partial charge in [0.05, 0.1) is 0 Å². The van der Waals surface area contributed by atoms with Gasteiger partial charge in [0.2, 0.25) is 0 Å². The first kappa shape index (κ1) is 13.9. The lowest BCUT2D eigenvalue weighted by Crippen LogP contribution is -2.50. The van der Waals surface area contributed by atoms with Gasteiger partial charge in [-0.25, -0.2) is 0 Å². The number of carbonyl (C=O) groups is 1. The molecule has 1 fully saturated rings. The van der Waals surface area contributed by atoms with Crippen molar-refractivity contribution in [3.63, 3.8) is 0 Å². The van der Waals surface area contributed by atoms with Crippen molar-refractivity contribution in [2.75, 3.05) is 20.6 Å². The van der Waals surface area contributed by atoms with Crippen LogP contribution in [-0.2, 0) is 0 Å². The van der Waals surface area contributed by atoms with E-state index < -0.39 is 0 Å². The minimum Gasteiger partial charge on any atom is -0.508 e. The minimum atomic E-state index is -0.121. The second kappa shape index (κ2) is 5.61. The Labute approximate surface area is 114 Å². The summed E-state index contributed by atoms with van der Waals surface area (Å²) in [5.41, 5.74) is 0.596. The summed E-state index contributed by atoms with van der Waals surface area (Å²) in [6.45, 7) is 0.661. The first-order valence-corrected chi connectivity index (χ1v) is 6.78. The Bertz CT molecular complexity index is 451. The lowest BCUT2D eigenvalue weighted by molar-refractivity contribution is 0.0899. The minimum absolute atomic E-state index is 0.0898. The van der Waals surface area contributed by atoms with E-state index in [1.54, 1.807) is 18.2 Å². The van der Waals surface area contributed by atoms with E-state index >= 15 is 0 Å². The van der Waals surface area contributed by atoms with E-state index in [2.05, 4.69) is 24.3 Å². The second-order valence-electron chi connectivity index (χ2n) is 5.56. The number of carbonyl (C=O) groups excluding carboxylic acids is 1. The zero-order chi connectivity index (χ0) is 13.9. The standard InChI is InChI=1S/C15H22N2O2/c1-17(2)15(8-3-4-9-15)11-16-14(19)12-6-5-7-13(18)10-12/h5-7,10,18H,3-4,8-9,11H2,1-2H3,(H,16,19). The Morgan fingerprint density at radius 2 is 2.05 bits per heavy atom. The molecule has 104 valence electrons. The van der Waals surface area contributed by atoms with Crippen molar-refractivity contribution in [2.24, 2.45) is 0 Å². The molecular formula is C15H22N2O2. The average molecular weight is 262 g/mol. The number of hydrogen-bond donors (Lipinski definition) is 2. The molecule has 2 N–H and O–H groups in total. The summed E-state index contributed by atoms with van der Waals surface area (Å²) >= 11 is 0. The molecule has 0 saturated heterocycles. The summed E-state index contributed by atoms with van der Waals surface area (Å²) in [5.74, 6) is -0.000126. The van der Waals surface area contributed by atoms with E-state index in [9.17, 15) is 9.90 Å². The Kier molecular flexibility index (Phi) is 4.10. The Balaban J connectivity index is 2.00. The van der Waals surface area contributed by atoms with Gasteiger partial charge < -0.3 is 15.3 Å². The molecule has 0 aliphatic heterocycles. The number of aromatic hydroxyl groups is 1. The third kappa shape index (κ3) is 3.07. The molecule has 0 aromatic heterocycles. The van der Waals surface area contributed by atoms with Crippen LogP contribution in [0, 0.1) is 0 Å². The third-order valence-corrected chi connectivity index (χ3v) is 4.17. The summed E-state index contributed by atoms with van der Waals surface area (Å²) in [4.78, 5) is 14.3. The van der Waals surface area contributed by atoms with Crippen LogP contribution in [-0.4, -0.2) is 42.1 Å². The number of nitrogens with one attached hydrogen (secondary N) is 1. The van der Waals surface area contributed by atoms with Crippen LogP contribution in [0.4, 0.5) is 0 Å². The number of likely N-dealkylation sites (N-methyl/N-ethyl adjacent to an activating group) is 1. The fourth-order valence-corrected chi connectivity index (χ4v) is 2.81. The smallest absolute Gasteiger partial charge is 0.251 e.